The number of ether oxygens (including phenoxy) is 2. The van der Waals surface area contributed by atoms with Crippen LogP contribution in [0.15, 0.2) is 36.7 Å². The zero-order chi connectivity index (χ0) is 15.9. The number of alkyl halides is 1. The van der Waals surface area contributed by atoms with E-state index in [1.807, 2.05) is 6.20 Å². The minimum atomic E-state index is -0.149. The van der Waals surface area contributed by atoms with Gasteiger partial charge in [0.05, 0.1) is 32.5 Å². The van der Waals surface area contributed by atoms with E-state index in [4.69, 9.17) is 21.1 Å². The molecule has 0 spiro atoms. The number of allylic oxidation sites excluding steroid dienone is 1. The molecule has 0 N–H and O–H groups in total. The molecular formula is C16H17ClN2O3. The topological polar surface area (TPSA) is 53.3 Å². The standard InChI is InChI=1S/C16H17ClN2O3/c1-21-13-4-5-14(16(9-13)22-2)15(20)6-3-12-10-18-19(11-12)8-7-17/h3-6,9-11H,7-8H2,1-2H3. The number of carbonyl (C=O) groups excluding carboxylic acids is 1. The summed E-state index contributed by atoms with van der Waals surface area (Å²) in [6.45, 7) is 0.635. The molecule has 0 amide bonds. The Morgan fingerprint density at radius 3 is 2.86 bits per heavy atom. The maximum Gasteiger partial charge on any atom is 0.189 e. The van der Waals surface area contributed by atoms with Gasteiger partial charge in [-0.2, -0.15) is 5.10 Å². The van der Waals surface area contributed by atoms with Crippen LogP contribution < -0.4 is 9.47 Å². The Hall–Kier alpha value is -2.27. The van der Waals surface area contributed by atoms with Gasteiger partial charge in [0.15, 0.2) is 5.78 Å². The number of rotatable bonds is 7. The fourth-order valence-electron chi connectivity index (χ4n) is 1.94. The summed E-state index contributed by atoms with van der Waals surface area (Å²) < 4.78 is 12.1. The van der Waals surface area contributed by atoms with Gasteiger partial charge in [-0.05, 0) is 24.3 Å². The first-order chi connectivity index (χ1) is 10.7. The maximum absolute atomic E-state index is 12.3. The highest BCUT2D eigenvalue weighted by atomic mass is 35.5. The van der Waals surface area contributed by atoms with Gasteiger partial charge in [-0.3, -0.25) is 9.48 Å². The number of aromatic nitrogens is 2. The van der Waals surface area contributed by atoms with E-state index in [9.17, 15) is 4.79 Å². The molecule has 0 unspecified atom stereocenters. The van der Waals surface area contributed by atoms with Crippen molar-refractivity contribution in [3.05, 3.63) is 47.8 Å². The summed E-state index contributed by atoms with van der Waals surface area (Å²) in [6.07, 6.45) is 6.72. The summed E-state index contributed by atoms with van der Waals surface area (Å²) in [5.41, 5.74) is 1.32. The molecule has 6 heteroatoms. The van der Waals surface area contributed by atoms with Crippen LogP contribution in [0.25, 0.3) is 6.08 Å². The molecule has 1 heterocycles. The molecule has 0 atom stereocenters. The number of carbonyl (C=O) groups is 1. The Labute approximate surface area is 134 Å². The van der Waals surface area contributed by atoms with Crippen molar-refractivity contribution in [3.8, 4) is 11.5 Å². The molecule has 0 bridgehead atoms. The predicted octanol–water partition coefficient (Wildman–Crippen LogP) is 3.04. The Morgan fingerprint density at radius 2 is 2.18 bits per heavy atom. The monoisotopic (exact) mass is 320 g/mol. The molecule has 0 fully saturated rings. The molecule has 2 aromatic rings. The molecule has 116 valence electrons. The molecule has 0 aliphatic carbocycles. The van der Waals surface area contributed by atoms with Gasteiger partial charge in [-0.25, -0.2) is 0 Å². The highest BCUT2D eigenvalue weighted by molar-refractivity contribution is 6.17. The number of aryl methyl sites for hydroxylation is 1. The lowest BCUT2D eigenvalue weighted by atomic mass is 10.1. The molecule has 22 heavy (non-hydrogen) atoms. The summed E-state index contributed by atoms with van der Waals surface area (Å²) in [6, 6.07) is 5.09. The SMILES string of the molecule is COc1ccc(C(=O)C=Cc2cnn(CCCl)c2)c(OC)c1. The normalized spacial score (nSPS) is 10.9. The number of hydrogen-bond acceptors (Lipinski definition) is 4. The van der Waals surface area contributed by atoms with E-state index in [0.29, 0.717) is 29.5 Å². The first-order valence-corrected chi connectivity index (χ1v) is 7.24. The molecule has 0 saturated carbocycles. The fourth-order valence-corrected chi connectivity index (χ4v) is 2.11. The molecule has 1 aromatic carbocycles. The lowest BCUT2D eigenvalue weighted by Crippen LogP contribution is -1.99. The summed E-state index contributed by atoms with van der Waals surface area (Å²) in [5, 5.41) is 4.14. The zero-order valence-corrected chi connectivity index (χ0v) is 13.2. The number of ketones is 1. The van der Waals surface area contributed by atoms with Crippen LogP contribution in [-0.2, 0) is 6.54 Å². The van der Waals surface area contributed by atoms with Crippen molar-refractivity contribution < 1.29 is 14.3 Å². The molecule has 0 saturated heterocycles. The van der Waals surface area contributed by atoms with Crippen molar-refractivity contribution in [3.63, 3.8) is 0 Å². The highest BCUT2D eigenvalue weighted by Gasteiger charge is 2.10. The third kappa shape index (κ3) is 3.89. The second-order valence-electron chi connectivity index (χ2n) is 4.49. The average Bonchev–Trinajstić information content (AvgIpc) is 3.00. The van der Waals surface area contributed by atoms with E-state index in [2.05, 4.69) is 5.10 Å². The zero-order valence-electron chi connectivity index (χ0n) is 12.5. The second kappa shape index (κ2) is 7.66. The van der Waals surface area contributed by atoms with E-state index < -0.39 is 0 Å². The van der Waals surface area contributed by atoms with Crippen LogP contribution in [-0.4, -0.2) is 35.7 Å². The van der Waals surface area contributed by atoms with E-state index in [1.54, 1.807) is 42.3 Å². The van der Waals surface area contributed by atoms with Crippen molar-refractivity contribution in [2.45, 2.75) is 6.54 Å². The number of benzene rings is 1. The first-order valence-electron chi connectivity index (χ1n) is 6.70. The molecule has 2 rings (SSSR count). The van der Waals surface area contributed by atoms with Crippen molar-refractivity contribution in [1.82, 2.24) is 9.78 Å². The first kappa shape index (κ1) is 16.1. The third-order valence-corrected chi connectivity index (χ3v) is 3.24. The van der Waals surface area contributed by atoms with Gasteiger partial charge in [0.2, 0.25) is 0 Å². The summed E-state index contributed by atoms with van der Waals surface area (Å²) in [5.74, 6) is 1.46. The summed E-state index contributed by atoms with van der Waals surface area (Å²) in [4.78, 5) is 12.3. The van der Waals surface area contributed by atoms with Gasteiger partial charge in [-0.1, -0.05) is 0 Å². The van der Waals surface area contributed by atoms with E-state index >= 15 is 0 Å². The van der Waals surface area contributed by atoms with Crippen molar-refractivity contribution >= 4 is 23.5 Å². The molecular weight excluding hydrogens is 304 g/mol. The van der Waals surface area contributed by atoms with Crippen LogP contribution in [0.4, 0.5) is 0 Å². The van der Waals surface area contributed by atoms with Gasteiger partial charge in [-0.15, -0.1) is 11.6 Å². The fraction of sp³-hybridized carbons (Fsp3) is 0.250. The van der Waals surface area contributed by atoms with E-state index in [1.165, 1.54) is 13.2 Å². The van der Waals surface area contributed by atoms with Crippen LogP contribution in [0.5, 0.6) is 11.5 Å². The Bertz CT molecular complexity index is 680. The Balaban J connectivity index is 2.15. The van der Waals surface area contributed by atoms with Crippen molar-refractivity contribution in [1.29, 1.82) is 0 Å². The summed E-state index contributed by atoms with van der Waals surface area (Å²) >= 11 is 5.65. The van der Waals surface area contributed by atoms with Crippen molar-refractivity contribution in [2.75, 3.05) is 20.1 Å². The highest BCUT2D eigenvalue weighted by Crippen LogP contribution is 2.25. The van der Waals surface area contributed by atoms with Crippen LogP contribution in [0.1, 0.15) is 15.9 Å². The van der Waals surface area contributed by atoms with Gasteiger partial charge in [0, 0.05) is 23.7 Å². The number of methoxy groups -OCH3 is 2. The Morgan fingerprint density at radius 1 is 1.36 bits per heavy atom. The van der Waals surface area contributed by atoms with Gasteiger partial charge >= 0.3 is 0 Å². The smallest absolute Gasteiger partial charge is 0.189 e. The largest absolute Gasteiger partial charge is 0.497 e. The van der Waals surface area contributed by atoms with E-state index in [-0.39, 0.29) is 5.78 Å². The third-order valence-electron chi connectivity index (χ3n) is 3.07. The summed E-state index contributed by atoms with van der Waals surface area (Å²) in [7, 11) is 3.08. The molecule has 0 radical (unpaired) electrons. The van der Waals surface area contributed by atoms with Crippen LogP contribution >= 0.6 is 11.6 Å². The molecule has 5 nitrogen and oxygen atoms in total. The second-order valence-corrected chi connectivity index (χ2v) is 4.87. The van der Waals surface area contributed by atoms with Gasteiger partial charge in [0.1, 0.15) is 11.5 Å². The maximum atomic E-state index is 12.3. The lowest BCUT2D eigenvalue weighted by Gasteiger charge is -2.07. The minimum Gasteiger partial charge on any atom is -0.497 e. The number of halogens is 1. The van der Waals surface area contributed by atoms with Gasteiger partial charge in [0.25, 0.3) is 0 Å². The quantitative estimate of drug-likeness (QED) is 0.447. The van der Waals surface area contributed by atoms with Crippen LogP contribution in [0.2, 0.25) is 0 Å². The number of nitrogens with zero attached hydrogens (tertiary/aromatic N) is 2. The average molecular weight is 321 g/mol. The number of hydrogen-bond donors (Lipinski definition) is 0. The van der Waals surface area contributed by atoms with E-state index in [0.717, 1.165) is 5.56 Å². The van der Waals surface area contributed by atoms with Crippen LogP contribution in [0, 0.1) is 0 Å². The molecule has 0 aliphatic rings. The molecule has 0 aliphatic heterocycles. The van der Waals surface area contributed by atoms with Crippen LogP contribution in [0.3, 0.4) is 0 Å². The predicted molar refractivity (Wildman–Crippen MR) is 85.9 cm³/mol. The van der Waals surface area contributed by atoms with Crippen molar-refractivity contribution in [2.24, 2.45) is 0 Å². The van der Waals surface area contributed by atoms with Gasteiger partial charge < -0.3 is 9.47 Å². The minimum absolute atomic E-state index is 0.149. The molecule has 1 aromatic heterocycles. The Kier molecular flexibility index (Phi) is 5.61. The lowest BCUT2D eigenvalue weighted by molar-refractivity contribution is 0.104.